The van der Waals surface area contributed by atoms with Gasteiger partial charge < -0.3 is 19.3 Å². The van der Waals surface area contributed by atoms with Crippen LogP contribution in [-0.2, 0) is 28.0 Å². The molecular formula is C26H31N5O4. The van der Waals surface area contributed by atoms with E-state index in [4.69, 9.17) is 14.2 Å². The van der Waals surface area contributed by atoms with E-state index in [-0.39, 0.29) is 29.8 Å². The second kappa shape index (κ2) is 7.96. The third kappa shape index (κ3) is 3.32. The number of rotatable bonds is 6. The fraction of sp³-hybridized carbons (Fsp3) is 0.577. The second-order valence-corrected chi connectivity index (χ2v) is 10.7. The Hall–Kier alpha value is -2.59. The van der Waals surface area contributed by atoms with Crippen molar-refractivity contribution in [3.63, 3.8) is 0 Å². The predicted molar refractivity (Wildman–Crippen MR) is 127 cm³/mol. The fourth-order valence-corrected chi connectivity index (χ4v) is 6.85. The largest absolute Gasteiger partial charge is 0.484 e. The molecule has 1 aliphatic carbocycles. The number of pyridine rings is 1. The summed E-state index contributed by atoms with van der Waals surface area (Å²) in [6.45, 7) is 5.98. The van der Waals surface area contributed by atoms with Gasteiger partial charge in [-0.2, -0.15) is 0 Å². The van der Waals surface area contributed by atoms with Gasteiger partial charge in [0.15, 0.2) is 0 Å². The monoisotopic (exact) mass is 477 g/mol. The van der Waals surface area contributed by atoms with Crippen LogP contribution in [0.4, 0.5) is 0 Å². The van der Waals surface area contributed by atoms with Crippen LogP contribution in [0, 0.1) is 0 Å². The molecule has 1 N–H and O–H groups in total. The Morgan fingerprint density at radius 3 is 3.06 bits per heavy atom. The molecule has 8 rings (SSSR count). The summed E-state index contributed by atoms with van der Waals surface area (Å²) in [6, 6.07) is 6.38. The molecule has 5 aliphatic rings. The third-order valence-electron chi connectivity index (χ3n) is 8.49. The van der Waals surface area contributed by atoms with E-state index in [1.165, 1.54) is 5.56 Å². The van der Waals surface area contributed by atoms with Crippen molar-refractivity contribution in [3.8, 4) is 5.75 Å². The molecule has 1 saturated carbocycles. The maximum Gasteiger partial charge on any atom is 0.141 e. The summed E-state index contributed by atoms with van der Waals surface area (Å²) in [4.78, 5) is 7.15. The van der Waals surface area contributed by atoms with Gasteiger partial charge in [-0.15, -0.1) is 5.10 Å². The Balaban J connectivity index is 1.10. The van der Waals surface area contributed by atoms with Crippen molar-refractivity contribution >= 4 is 10.9 Å². The van der Waals surface area contributed by atoms with Crippen LogP contribution >= 0.6 is 0 Å². The number of aliphatic hydroxyl groups excluding tert-OH is 1. The Morgan fingerprint density at radius 1 is 1.26 bits per heavy atom. The van der Waals surface area contributed by atoms with Crippen molar-refractivity contribution in [2.75, 3.05) is 33.0 Å². The maximum absolute atomic E-state index is 9.49. The topological polar surface area (TPSA) is 94.8 Å². The van der Waals surface area contributed by atoms with Crippen LogP contribution < -0.4 is 4.74 Å². The highest BCUT2D eigenvalue weighted by Gasteiger charge is 2.69. The fourth-order valence-electron chi connectivity index (χ4n) is 6.85. The molecule has 0 radical (unpaired) electrons. The summed E-state index contributed by atoms with van der Waals surface area (Å²) < 4.78 is 19.9. The van der Waals surface area contributed by atoms with E-state index in [0.29, 0.717) is 13.2 Å². The Labute approximate surface area is 204 Å². The summed E-state index contributed by atoms with van der Waals surface area (Å²) in [5.41, 5.74) is 4.34. The first-order valence-corrected chi connectivity index (χ1v) is 12.6. The predicted octanol–water partition coefficient (Wildman–Crippen LogP) is 2.36. The zero-order chi connectivity index (χ0) is 23.6. The average molecular weight is 478 g/mol. The van der Waals surface area contributed by atoms with Gasteiger partial charge in [0.1, 0.15) is 17.5 Å². The van der Waals surface area contributed by atoms with Crippen LogP contribution in [-0.4, -0.2) is 74.5 Å². The number of benzene rings is 1. The quantitative estimate of drug-likeness (QED) is 0.578. The summed E-state index contributed by atoms with van der Waals surface area (Å²) in [5, 5.41) is 19.7. The van der Waals surface area contributed by atoms with Crippen molar-refractivity contribution in [1.29, 1.82) is 0 Å². The molecule has 9 nitrogen and oxygen atoms in total. The van der Waals surface area contributed by atoms with Gasteiger partial charge in [0.2, 0.25) is 0 Å². The summed E-state index contributed by atoms with van der Waals surface area (Å²) in [7, 11) is 0. The van der Waals surface area contributed by atoms with E-state index in [2.05, 4.69) is 37.1 Å². The standard InChI is InChI=1S/C26H31N5O4/c1-17(35-20-2-3-23-22(8-20)21-5-7-33-11-18(21)9-27-23)24-10-31(29-28-24)25-13-26(14-25)16-34-12-19(4-6-32)30(26)15-25/h2-3,8-10,17,19,32H,4-7,11-16H2,1H3/t17-,19?,25?,26?/m1/s1. The minimum atomic E-state index is -0.225. The molecule has 1 spiro atoms. The van der Waals surface area contributed by atoms with Crippen LogP contribution in [0.25, 0.3) is 10.9 Å². The molecule has 1 unspecified atom stereocenters. The lowest BCUT2D eigenvalue weighted by atomic mass is 9.67. The zero-order valence-corrected chi connectivity index (χ0v) is 20.0. The molecule has 3 aromatic rings. The molecule has 4 fully saturated rings. The first-order valence-electron chi connectivity index (χ1n) is 12.6. The van der Waals surface area contributed by atoms with Crippen LogP contribution in [0.5, 0.6) is 5.75 Å². The molecule has 2 atom stereocenters. The Morgan fingerprint density at radius 2 is 2.17 bits per heavy atom. The SMILES string of the molecule is C[C@@H](Oc1ccc2ncc3c(c2c1)CCOC3)c1cn(C23CN4C(CCO)COCC4(C2)C3)nn1. The maximum atomic E-state index is 9.49. The molecule has 35 heavy (non-hydrogen) atoms. The summed E-state index contributed by atoms with van der Waals surface area (Å²) in [6.07, 6.45) is 7.45. The van der Waals surface area contributed by atoms with Crippen molar-refractivity contribution in [2.45, 2.75) is 62.4 Å². The van der Waals surface area contributed by atoms with E-state index in [9.17, 15) is 5.11 Å². The van der Waals surface area contributed by atoms with Gasteiger partial charge in [0.05, 0.1) is 43.7 Å². The summed E-state index contributed by atoms with van der Waals surface area (Å²) in [5.74, 6) is 0.809. The smallest absolute Gasteiger partial charge is 0.141 e. The molecule has 2 bridgehead atoms. The number of fused-ring (bicyclic) bond motifs is 3. The number of hydrogen-bond donors (Lipinski definition) is 1. The molecule has 184 valence electrons. The normalized spacial score (nSPS) is 30.5. The highest BCUT2D eigenvalue weighted by Crippen LogP contribution is 2.59. The first-order chi connectivity index (χ1) is 17.1. The number of nitrogens with zero attached hydrogens (tertiary/aromatic N) is 5. The van der Waals surface area contributed by atoms with Crippen molar-refractivity contribution in [2.24, 2.45) is 0 Å². The van der Waals surface area contributed by atoms with Gasteiger partial charge in [-0.3, -0.25) is 9.88 Å². The average Bonchev–Trinajstić information content (AvgIpc) is 3.56. The summed E-state index contributed by atoms with van der Waals surface area (Å²) >= 11 is 0. The number of aliphatic hydroxyl groups is 1. The molecule has 3 saturated heterocycles. The van der Waals surface area contributed by atoms with Crippen LogP contribution in [0.2, 0.25) is 0 Å². The van der Waals surface area contributed by atoms with Gasteiger partial charge in [0, 0.05) is 36.3 Å². The molecule has 2 aromatic heterocycles. The number of morpholine rings is 1. The van der Waals surface area contributed by atoms with E-state index in [0.717, 1.165) is 73.4 Å². The van der Waals surface area contributed by atoms with E-state index >= 15 is 0 Å². The first kappa shape index (κ1) is 21.7. The van der Waals surface area contributed by atoms with E-state index < -0.39 is 0 Å². The Bertz CT molecular complexity index is 1270. The van der Waals surface area contributed by atoms with Crippen LogP contribution in [0.15, 0.2) is 30.6 Å². The van der Waals surface area contributed by atoms with Crippen molar-refractivity contribution in [1.82, 2.24) is 24.9 Å². The van der Waals surface area contributed by atoms with E-state index in [1.807, 2.05) is 25.3 Å². The number of hydrogen-bond acceptors (Lipinski definition) is 8. The second-order valence-electron chi connectivity index (χ2n) is 10.7. The van der Waals surface area contributed by atoms with Crippen LogP contribution in [0.1, 0.15) is 49.1 Å². The lowest BCUT2D eigenvalue weighted by Crippen LogP contribution is -2.61. The zero-order valence-electron chi connectivity index (χ0n) is 20.0. The van der Waals surface area contributed by atoms with Crippen molar-refractivity contribution < 1.29 is 19.3 Å². The highest BCUT2D eigenvalue weighted by molar-refractivity contribution is 5.84. The van der Waals surface area contributed by atoms with Gasteiger partial charge >= 0.3 is 0 Å². The van der Waals surface area contributed by atoms with Gasteiger partial charge in [0.25, 0.3) is 0 Å². The van der Waals surface area contributed by atoms with Gasteiger partial charge in [-0.05, 0) is 61.9 Å². The molecule has 6 heterocycles. The lowest BCUT2D eigenvalue weighted by molar-refractivity contribution is -0.104. The molecule has 9 heteroatoms. The third-order valence-corrected chi connectivity index (χ3v) is 8.49. The minimum Gasteiger partial charge on any atom is -0.484 e. The molecule has 0 amide bonds. The van der Waals surface area contributed by atoms with Crippen molar-refractivity contribution in [3.05, 3.63) is 47.4 Å². The van der Waals surface area contributed by atoms with E-state index in [1.54, 1.807) is 0 Å². The number of aromatic nitrogens is 4. The van der Waals surface area contributed by atoms with Gasteiger partial charge in [-0.25, -0.2) is 4.68 Å². The van der Waals surface area contributed by atoms with Crippen LogP contribution in [0.3, 0.4) is 0 Å². The number of ether oxygens (including phenoxy) is 3. The minimum absolute atomic E-state index is 0.0396. The molecule has 1 aromatic carbocycles. The Kier molecular flexibility index (Phi) is 4.93. The molecule has 4 aliphatic heterocycles. The lowest BCUT2D eigenvalue weighted by Gasteiger charge is -2.51. The highest BCUT2D eigenvalue weighted by atomic mass is 16.5. The molecular weight excluding hydrogens is 446 g/mol. The van der Waals surface area contributed by atoms with Gasteiger partial charge in [-0.1, -0.05) is 5.21 Å².